The van der Waals surface area contributed by atoms with E-state index in [2.05, 4.69) is 17.1 Å². The van der Waals surface area contributed by atoms with Crippen molar-refractivity contribution in [2.75, 3.05) is 39.4 Å². The van der Waals surface area contributed by atoms with Crippen LogP contribution in [0.5, 0.6) is 0 Å². The number of piperidine rings is 1. The van der Waals surface area contributed by atoms with Gasteiger partial charge in [0, 0.05) is 18.5 Å². The summed E-state index contributed by atoms with van der Waals surface area (Å²) in [5.74, 6) is 0.711. The SMILES string of the molecule is CCNC1COCC1CN1CCCCC1. The third kappa shape index (κ3) is 3.16. The molecule has 0 saturated carbocycles. The summed E-state index contributed by atoms with van der Waals surface area (Å²) in [7, 11) is 0. The van der Waals surface area contributed by atoms with Crippen molar-refractivity contribution >= 4 is 0 Å². The molecule has 2 aliphatic rings. The Bertz CT molecular complexity index is 180. The van der Waals surface area contributed by atoms with Crippen LogP contribution < -0.4 is 5.32 Å². The normalized spacial score (nSPS) is 33.4. The van der Waals surface area contributed by atoms with E-state index >= 15 is 0 Å². The number of ether oxygens (including phenoxy) is 1. The number of nitrogens with one attached hydrogen (secondary N) is 1. The molecule has 0 bridgehead atoms. The molecular formula is C12H24N2O. The highest BCUT2D eigenvalue weighted by molar-refractivity contribution is 4.83. The quantitative estimate of drug-likeness (QED) is 0.755. The van der Waals surface area contributed by atoms with Crippen molar-refractivity contribution < 1.29 is 4.74 Å². The second kappa shape index (κ2) is 5.83. The van der Waals surface area contributed by atoms with Crippen LogP contribution in [0.1, 0.15) is 26.2 Å². The van der Waals surface area contributed by atoms with Gasteiger partial charge in [0.15, 0.2) is 0 Å². The van der Waals surface area contributed by atoms with Gasteiger partial charge in [-0.25, -0.2) is 0 Å². The van der Waals surface area contributed by atoms with E-state index in [9.17, 15) is 0 Å². The lowest BCUT2D eigenvalue weighted by molar-refractivity contribution is 0.157. The molecular weight excluding hydrogens is 188 g/mol. The molecule has 2 aliphatic heterocycles. The summed E-state index contributed by atoms with van der Waals surface area (Å²) in [5.41, 5.74) is 0. The molecule has 0 aliphatic carbocycles. The zero-order valence-corrected chi connectivity index (χ0v) is 9.87. The van der Waals surface area contributed by atoms with E-state index in [0.717, 1.165) is 19.8 Å². The summed E-state index contributed by atoms with van der Waals surface area (Å²) in [6.07, 6.45) is 4.20. The Labute approximate surface area is 93.2 Å². The predicted molar refractivity (Wildman–Crippen MR) is 62.1 cm³/mol. The van der Waals surface area contributed by atoms with Gasteiger partial charge in [0.05, 0.1) is 13.2 Å². The molecule has 2 rings (SSSR count). The number of likely N-dealkylation sites (N-methyl/N-ethyl adjacent to an activating group) is 1. The standard InChI is InChI=1S/C12H24N2O/c1-2-13-12-10-15-9-11(12)8-14-6-4-3-5-7-14/h11-13H,2-10H2,1H3. The lowest BCUT2D eigenvalue weighted by atomic mass is 10.0. The van der Waals surface area contributed by atoms with Gasteiger partial charge >= 0.3 is 0 Å². The molecule has 88 valence electrons. The van der Waals surface area contributed by atoms with Crippen LogP contribution in [0.25, 0.3) is 0 Å². The van der Waals surface area contributed by atoms with E-state index in [0.29, 0.717) is 12.0 Å². The molecule has 2 atom stereocenters. The van der Waals surface area contributed by atoms with Crippen molar-refractivity contribution in [3.63, 3.8) is 0 Å². The van der Waals surface area contributed by atoms with Crippen LogP contribution in [-0.2, 0) is 4.74 Å². The molecule has 3 heteroatoms. The lowest BCUT2D eigenvalue weighted by Gasteiger charge is -2.30. The molecule has 2 unspecified atom stereocenters. The summed E-state index contributed by atoms with van der Waals surface area (Å²) in [6.45, 7) is 8.93. The van der Waals surface area contributed by atoms with Crippen LogP contribution in [0.15, 0.2) is 0 Å². The number of likely N-dealkylation sites (tertiary alicyclic amines) is 1. The van der Waals surface area contributed by atoms with E-state index in [1.165, 1.54) is 38.9 Å². The Kier molecular flexibility index (Phi) is 4.42. The van der Waals surface area contributed by atoms with Gasteiger partial charge in [0.1, 0.15) is 0 Å². The molecule has 3 nitrogen and oxygen atoms in total. The Balaban J connectivity index is 1.76. The summed E-state index contributed by atoms with van der Waals surface area (Å²) in [4.78, 5) is 2.62. The van der Waals surface area contributed by atoms with Gasteiger partial charge in [-0.15, -0.1) is 0 Å². The maximum atomic E-state index is 5.57. The summed E-state index contributed by atoms with van der Waals surface area (Å²) < 4.78 is 5.57. The van der Waals surface area contributed by atoms with Crippen molar-refractivity contribution in [2.45, 2.75) is 32.2 Å². The van der Waals surface area contributed by atoms with Gasteiger partial charge in [-0.05, 0) is 32.5 Å². The van der Waals surface area contributed by atoms with Crippen molar-refractivity contribution in [3.05, 3.63) is 0 Å². The second-order valence-electron chi connectivity index (χ2n) is 4.82. The van der Waals surface area contributed by atoms with Gasteiger partial charge in [-0.2, -0.15) is 0 Å². The van der Waals surface area contributed by atoms with E-state index in [4.69, 9.17) is 4.74 Å². The molecule has 0 spiro atoms. The minimum absolute atomic E-state index is 0.594. The van der Waals surface area contributed by atoms with Crippen LogP contribution >= 0.6 is 0 Å². The average molecular weight is 212 g/mol. The first-order chi connectivity index (χ1) is 7.40. The van der Waals surface area contributed by atoms with Crippen molar-refractivity contribution in [1.82, 2.24) is 10.2 Å². The highest BCUT2D eigenvalue weighted by atomic mass is 16.5. The topological polar surface area (TPSA) is 24.5 Å². The van der Waals surface area contributed by atoms with E-state index in [-0.39, 0.29) is 0 Å². The molecule has 0 radical (unpaired) electrons. The average Bonchev–Trinajstić information content (AvgIpc) is 2.68. The highest BCUT2D eigenvalue weighted by Crippen LogP contribution is 2.18. The zero-order valence-electron chi connectivity index (χ0n) is 9.87. The van der Waals surface area contributed by atoms with Gasteiger partial charge in [0.25, 0.3) is 0 Å². The van der Waals surface area contributed by atoms with Crippen LogP contribution in [-0.4, -0.2) is 50.3 Å². The molecule has 2 saturated heterocycles. The molecule has 0 aromatic heterocycles. The molecule has 0 amide bonds. The van der Waals surface area contributed by atoms with Crippen LogP contribution in [0, 0.1) is 5.92 Å². The van der Waals surface area contributed by atoms with Crippen molar-refractivity contribution in [1.29, 1.82) is 0 Å². The molecule has 0 aromatic rings. The molecule has 1 N–H and O–H groups in total. The summed E-state index contributed by atoms with van der Waals surface area (Å²) in [5, 5.41) is 3.53. The lowest BCUT2D eigenvalue weighted by Crippen LogP contribution is -2.43. The summed E-state index contributed by atoms with van der Waals surface area (Å²) in [6, 6.07) is 0.594. The van der Waals surface area contributed by atoms with Gasteiger partial charge in [0.2, 0.25) is 0 Å². The minimum Gasteiger partial charge on any atom is -0.379 e. The Morgan fingerprint density at radius 2 is 2.00 bits per heavy atom. The fourth-order valence-corrected chi connectivity index (χ4v) is 2.74. The molecule has 15 heavy (non-hydrogen) atoms. The zero-order chi connectivity index (χ0) is 10.5. The number of rotatable bonds is 4. The maximum absolute atomic E-state index is 5.57. The smallest absolute Gasteiger partial charge is 0.0623 e. The van der Waals surface area contributed by atoms with Crippen LogP contribution in [0.2, 0.25) is 0 Å². The summed E-state index contributed by atoms with van der Waals surface area (Å²) >= 11 is 0. The number of hydrogen-bond acceptors (Lipinski definition) is 3. The van der Waals surface area contributed by atoms with Crippen LogP contribution in [0.3, 0.4) is 0 Å². The van der Waals surface area contributed by atoms with E-state index in [1.807, 2.05) is 0 Å². The monoisotopic (exact) mass is 212 g/mol. The first-order valence-corrected chi connectivity index (χ1v) is 6.43. The van der Waals surface area contributed by atoms with Gasteiger partial charge < -0.3 is 15.0 Å². The first-order valence-electron chi connectivity index (χ1n) is 6.43. The van der Waals surface area contributed by atoms with E-state index in [1.54, 1.807) is 0 Å². The minimum atomic E-state index is 0.594. The Morgan fingerprint density at radius 3 is 2.73 bits per heavy atom. The Hall–Kier alpha value is -0.120. The highest BCUT2D eigenvalue weighted by Gasteiger charge is 2.29. The fourth-order valence-electron chi connectivity index (χ4n) is 2.74. The van der Waals surface area contributed by atoms with Crippen LogP contribution in [0.4, 0.5) is 0 Å². The van der Waals surface area contributed by atoms with Gasteiger partial charge in [-0.1, -0.05) is 13.3 Å². The second-order valence-corrected chi connectivity index (χ2v) is 4.82. The third-order valence-electron chi connectivity index (χ3n) is 3.61. The van der Waals surface area contributed by atoms with Gasteiger partial charge in [-0.3, -0.25) is 0 Å². The number of hydrogen-bond donors (Lipinski definition) is 1. The fraction of sp³-hybridized carbons (Fsp3) is 1.00. The predicted octanol–water partition coefficient (Wildman–Crippen LogP) is 1.10. The van der Waals surface area contributed by atoms with Crippen molar-refractivity contribution in [2.24, 2.45) is 5.92 Å². The molecule has 2 fully saturated rings. The molecule has 2 heterocycles. The van der Waals surface area contributed by atoms with Crippen molar-refractivity contribution in [3.8, 4) is 0 Å². The number of nitrogens with zero attached hydrogens (tertiary/aromatic N) is 1. The third-order valence-corrected chi connectivity index (χ3v) is 3.61. The Morgan fingerprint density at radius 1 is 1.20 bits per heavy atom. The van der Waals surface area contributed by atoms with E-state index < -0.39 is 0 Å². The largest absolute Gasteiger partial charge is 0.379 e. The first kappa shape index (κ1) is 11.4. The maximum Gasteiger partial charge on any atom is 0.0623 e. The molecule has 0 aromatic carbocycles.